The molecule has 0 aliphatic heterocycles. The maximum Gasteiger partial charge on any atom is 0.246 e. The van der Waals surface area contributed by atoms with Crippen LogP contribution in [-0.2, 0) is 11.3 Å². The van der Waals surface area contributed by atoms with Gasteiger partial charge in [0.05, 0.1) is 0 Å². The second kappa shape index (κ2) is 7.23. The Balaban J connectivity index is 1.96. The lowest BCUT2D eigenvalue weighted by Crippen LogP contribution is -2.24. The molecule has 0 aliphatic rings. The standard InChI is InChI=1S/C18H18BrNO/c1-14-3-5-15(6-4-14)9-12-18(21)20(2)13-16-7-10-17(19)11-8-16/h3-12H,13H2,1-2H3/b12-9+. The van der Waals surface area contributed by atoms with Gasteiger partial charge in [-0.3, -0.25) is 4.79 Å². The topological polar surface area (TPSA) is 20.3 Å². The highest BCUT2D eigenvalue weighted by Gasteiger charge is 2.05. The number of likely N-dealkylation sites (N-methyl/N-ethyl adjacent to an activating group) is 1. The number of aryl methyl sites for hydroxylation is 1. The lowest BCUT2D eigenvalue weighted by molar-refractivity contribution is -0.125. The Bertz CT molecular complexity index is 629. The molecule has 108 valence electrons. The average Bonchev–Trinajstić information content (AvgIpc) is 2.48. The van der Waals surface area contributed by atoms with Gasteiger partial charge in [0.25, 0.3) is 0 Å². The fourth-order valence-corrected chi connectivity index (χ4v) is 2.18. The Labute approximate surface area is 134 Å². The maximum absolute atomic E-state index is 12.1. The molecule has 1 amide bonds. The van der Waals surface area contributed by atoms with Crippen LogP contribution < -0.4 is 0 Å². The highest BCUT2D eigenvalue weighted by atomic mass is 79.9. The van der Waals surface area contributed by atoms with Crippen molar-refractivity contribution in [1.29, 1.82) is 0 Å². The first kappa shape index (κ1) is 15.5. The normalized spacial score (nSPS) is 10.8. The molecule has 0 bridgehead atoms. The lowest BCUT2D eigenvalue weighted by atomic mass is 10.1. The fourth-order valence-electron chi connectivity index (χ4n) is 1.91. The summed E-state index contributed by atoms with van der Waals surface area (Å²) in [6, 6.07) is 16.1. The Morgan fingerprint density at radius 1 is 1.10 bits per heavy atom. The molecule has 21 heavy (non-hydrogen) atoms. The molecule has 3 heteroatoms. The molecule has 0 saturated heterocycles. The third-order valence-corrected chi connectivity index (χ3v) is 3.73. The van der Waals surface area contributed by atoms with E-state index in [1.807, 2.05) is 68.6 Å². The number of halogens is 1. The van der Waals surface area contributed by atoms with Crippen molar-refractivity contribution in [3.8, 4) is 0 Å². The van der Waals surface area contributed by atoms with E-state index in [9.17, 15) is 4.79 Å². The van der Waals surface area contributed by atoms with Crippen LogP contribution in [0.4, 0.5) is 0 Å². The lowest BCUT2D eigenvalue weighted by Gasteiger charge is -2.15. The molecular weight excluding hydrogens is 326 g/mol. The highest BCUT2D eigenvalue weighted by Crippen LogP contribution is 2.12. The Morgan fingerprint density at radius 2 is 1.71 bits per heavy atom. The van der Waals surface area contributed by atoms with Crippen molar-refractivity contribution in [2.45, 2.75) is 13.5 Å². The molecule has 0 fully saturated rings. The Kier molecular flexibility index (Phi) is 5.34. The van der Waals surface area contributed by atoms with Gasteiger partial charge < -0.3 is 4.90 Å². The molecular formula is C18H18BrNO. The summed E-state index contributed by atoms with van der Waals surface area (Å²) >= 11 is 3.40. The van der Waals surface area contributed by atoms with Crippen LogP contribution in [0.2, 0.25) is 0 Å². The Hall–Kier alpha value is -1.87. The number of benzene rings is 2. The summed E-state index contributed by atoms with van der Waals surface area (Å²) in [5.74, 6) is -0.00139. The number of hydrogen-bond donors (Lipinski definition) is 0. The maximum atomic E-state index is 12.1. The summed E-state index contributed by atoms with van der Waals surface area (Å²) in [5.41, 5.74) is 3.36. The van der Waals surface area contributed by atoms with Gasteiger partial charge in [-0.15, -0.1) is 0 Å². The predicted molar refractivity (Wildman–Crippen MR) is 90.8 cm³/mol. The number of nitrogens with zero attached hydrogens (tertiary/aromatic N) is 1. The van der Waals surface area contributed by atoms with E-state index in [0.29, 0.717) is 6.54 Å². The minimum Gasteiger partial charge on any atom is -0.338 e. The van der Waals surface area contributed by atoms with E-state index in [0.717, 1.165) is 15.6 Å². The van der Waals surface area contributed by atoms with Crippen molar-refractivity contribution in [1.82, 2.24) is 4.90 Å². The molecule has 0 radical (unpaired) electrons. The van der Waals surface area contributed by atoms with Gasteiger partial charge in [-0.1, -0.05) is 57.9 Å². The van der Waals surface area contributed by atoms with E-state index in [2.05, 4.69) is 15.9 Å². The number of rotatable bonds is 4. The summed E-state index contributed by atoms with van der Waals surface area (Å²) in [5, 5.41) is 0. The zero-order valence-corrected chi connectivity index (χ0v) is 13.8. The van der Waals surface area contributed by atoms with Crippen molar-refractivity contribution in [3.63, 3.8) is 0 Å². The first-order chi connectivity index (χ1) is 10.0. The molecule has 2 nitrogen and oxygen atoms in total. The van der Waals surface area contributed by atoms with E-state index in [1.165, 1.54) is 5.56 Å². The largest absolute Gasteiger partial charge is 0.338 e. The number of hydrogen-bond acceptors (Lipinski definition) is 1. The minimum absolute atomic E-state index is 0.00139. The number of carbonyl (C=O) groups excluding carboxylic acids is 1. The zero-order valence-electron chi connectivity index (χ0n) is 12.2. The Morgan fingerprint density at radius 3 is 2.33 bits per heavy atom. The van der Waals surface area contributed by atoms with Crippen LogP contribution in [0.5, 0.6) is 0 Å². The summed E-state index contributed by atoms with van der Waals surface area (Å²) in [7, 11) is 1.81. The van der Waals surface area contributed by atoms with Gasteiger partial charge in [0, 0.05) is 24.1 Å². The predicted octanol–water partition coefficient (Wildman–Crippen LogP) is 4.43. The average molecular weight is 344 g/mol. The van der Waals surface area contributed by atoms with E-state index < -0.39 is 0 Å². The summed E-state index contributed by atoms with van der Waals surface area (Å²) < 4.78 is 1.04. The molecule has 2 aromatic carbocycles. The molecule has 0 unspecified atom stereocenters. The summed E-state index contributed by atoms with van der Waals surface area (Å²) in [4.78, 5) is 13.8. The van der Waals surface area contributed by atoms with Gasteiger partial charge in [0.15, 0.2) is 0 Å². The molecule has 2 rings (SSSR count). The van der Waals surface area contributed by atoms with Gasteiger partial charge in [0.2, 0.25) is 5.91 Å². The van der Waals surface area contributed by atoms with Crippen LogP contribution in [0.1, 0.15) is 16.7 Å². The van der Waals surface area contributed by atoms with Gasteiger partial charge in [-0.05, 0) is 36.3 Å². The van der Waals surface area contributed by atoms with Crippen molar-refractivity contribution in [3.05, 3.63) is 75.8 Å². The van der Waals surface area contributed by atoms with Gasteiger partial charge >= 0.3 is 0 Å². The molecule has 0 saturated carbocycles. The molecule has 0 aliphatic carbocycles. The van der Waals surface area contributed by atoms with Crippen molar-refractivity contribution < 1.29 is 4.79 Å². The quantitative estimate of drug-likeness (QED) is 0.752. The van der Waals surface area contributed by atoms with Crippen LogP contribution in [0.25, 0.3) is 6.08 Å². The third kappa shape index (κ3) is 4.87. The van der Waals surface area contributed by atoms with E-state index in [-0.39, 0.29) is 5.91 Å². The number of carbonyl (C=O) groups is 1. The molecule has 0 N–H and O–H groups in total. The minimum atomic E-state index is -0.00139. The first-order valence-electron chi connectivity index (χ1n) is 6.79. The smallest absolute Gasteiger partial charge is 0.246 e. The molecule has 0 aromatic heterocycles. The van der Waals surface area contributed by atoms with Crippen LogP contribution >= 0.6 is 15.9 Å². The molecule has 0 atom stereocenters. The fraction of sp³-hybridized carbons (Fsp3) is 0.167. The van der Waals surface area contributed by atoms with E-state index in [4.69, 9.17) is 0 Å². The van der Waals surface area contributed by atoms with Crippen LogP contribution in [0.15, 0.2) is 59.1 Å². The van der Waals surface area contributed by atoms with Crippen molar-refractivity contribution in [2.75, 3.05) is 7.05 Å². The summed E-state index contributed by atoms with van der Waals surface area (Å²) in [6.45, 7) is 2.65. The number of amides is 1. The molecule has 0 spiro atoms. The third-order valence-electron chi connectivity index (χ3n) is 3.20. The molecule has 0 heterocycles. The van der Waals surface area contributed by atoms with Gasteiger partial charge in [-0.2, -0.15) is 0 Å². The van der Waals surface area contributed by atoms with Gasteiger partial charge in [-0.25, -0.2) is 0 Å². The summed E-state index contributed by atoms with van der Waals surface area (Å²) in [6.07, 6.45) is 3.46. The van der Waals surface area contributed by atoms with E-state index in [1.54, 1.807) is 11.0 Å². The van der Waals surface area contributed by atoms with Crippen LogP contribution in [0, 0.1) is 6.92 Å². The second-order valence-corrected chi connectivity index (χ2v) is 5.98. The molecule has 2 aromatic rings. The highest BCUT2D eigenvalue weighted by molar-refractivity contribution is 9.10. The van der Waals surface area contributed by atoms with Crippen molar-refractivity contribution >= 4 is 27.9 Å². The van der Waals surface area contributed by atoms with Crippen LogP contribution in [-0.4, -0.2) is 17.9 Å². The van der Waals surface area contributed by atoms with Gasteiger partial charge in [0.1, 0.15) is 0 Å². The second-order valence-electron chi connectivity index (χ2n) is 5.06. The monoisotopic (exact) mass is 343 g/mol. The van der Waals surface area contributed by atoms with Crippen molar-refractivity contribution in [2.24, 2.45) is 0 Å². The SMILES string of the molecule is Cc1ccc(/C=C/C(=O)N(C)Cc2ccc(Br)cc2)cc1. The van der Waals surface area contributed by atoms with Crippen LogP contribution in [0.3, 0.4) is 0 Å². The van der Waals surface area contributed by atoms with E-state index >= 15 is 0 Å². The first-order valence-corrected chi connectivity index (χ1v) is 7.58. The zero-order chi connectivity index (χ0) is 15.2.